The monoisotopic (exact) mass is 596 g/mol. The first-order valence-electron chi connectivity index (χ1n) is 14.7. The van der Waals surface area contributed by atoms with Gasteiger partial charge >= 0.3 is 5.97 Å². The molecule has 4 heterocycles. The SMILES string of the molecule is CC(C)(C)[C@@H]1CCc2cc(Cl)cc3c2N1C(=O)[C@@H](CC(=O)N1CCCC(C(=O)O)C1)O[C@@H]3c1cccc2c1OCCO2. The van der Waals surface area contributed by atoms with Crippen LogP contribution in [-0.4, -0.2) is 66.2 Å². The molecule has 2 amide bonds. The van der Waals surface area contributed by atoms with E-state index in [0.717, 1.165) is 29.7 Å². The van der Waals surface area contributed by atoms with Gasteiger partial charge in [0.05, 0.1) is 18.0 Å². The number of benzene rings is 2. The van der Waals surface area contributed by atoms with Crippen molar-refractivity contribution < 1.29 is 33.7 Å². The van der Waals surface area contributed by atoms with E-state index in [1.165, 1.54) is 0 Å². The normalized spacial score (nSPS) is 25.5. The van der Waals surface area contributed by atoms with E-state index in [1.807, 2.05) is 35.2 Å². The molecule has 4 atom stereocenters. The Morgan fingerprint density at radius 1 is 1.10 bits per heavy atom. The molecule has 9 nitrogen and oxygen atoms in total. The summed E-state index contributed by atoms with van der Waals surface area (Å²) in [6, 6.07) is 9.24. The van der Waals surface area contributed by atoms with Gasteiger partial charge in [0.1, 0.15) is 25.4 Å². The van der Waals surface area contributed by atoms with Crippen molar-refractivity contribution in [3.63, 3.8) is 0 Å². The van der Waals surface area contributed by atoms with Crippen molar-refractivity contribution in [2.24, 2.45) is 11.3 Å². The lowest BCUT2D eigenvalue weighted by atomic mass is 9.78. The van der Waals surface area contributed by atoms with Crippen LogP contribution in [0, 0.1) is 11.3 Å². The van der Waals surface area contributed by atoms with Gasteiger partial charge in [0.15, 0.2) is 11.5 Å². The number of carboxylic acid groups (broad SMARTS) is 1. The van der Waals surface area contributed by atoms with Crippen molar-refractivity contribution in [1.82, 2.24) is 4.90 Å². The van der Waals surface area contributed by atoms with Gasteiger partial charge in [0.2, 0.25) is 5.91 Å². The standard InChI is InChI=1S/C32H37ClN2O7/c1-32(2,3)25-10-9-18-14-20(33)15-22-27(18)35(25)30(37)24(16-26(36)34-11-5-6-19(17-34)31(38)39)42-28(22)21-7-4-8-23-29(21)41-13-12-40-23/h4,7-8,14-15,19,24-25,28H,5-6,9-13,16-17H2,1-3H3,(H,38,39)/t19?,24-,25+,28-/m1/s1. The highest BCUT2D eigenvalue weighted by atomic mass is 35.5. The minimum absolute atomic E-state index is 0.129. The maximum Gasteiger partial charge on any atom is 0.308 e. The van der Waals surface area contributed by atoms with Crippen LogP contribution in [0.15, 0.2) is 30.3 Å². The first-order chi connectivity index (χ1) is 20.0. The zero-order chi connectivity index (χ0) is 29.8. The highest BCUT2D eigenvalue weighted by Crippen LogP contribution is 2.50. The molecule has 1 saturated heterocycles. The number of carboxylic acids is 1. The summed E-state index contributed by atoms with van der Waals surface area (Å²) >= 11 is 6.68. The van der Waals surface area contributed by atoms with Crippen molar-refractivity contribution in [1.29, 1.82) is 0 Å². The summed E-state index contributed by atoms with van der Waals surface area (Å²) in [6.07, 6.45) is 0.575. The van der Waals surface area contributed by atoms with Crippen LogP contribution in [0.5, 0.6) is 11.5 Å². The highest BCUT2D eigenvalue weighted by molar-refractivity contribution is 6.31. The van der Waals surface area contributed by atoms with Gasteiger partial charge < -0.3 is 29.1 Å². The van der Waals surface area contributed by atoms with Crippen molar-refractivity contribution in [3.05, 3.63) is 52.0 Å². The molecule has 0 saturated carbocycles. The molecule has 4 aliphatic heterocycles. The van der Waals surface area contributed by atoms with Crippen molar-refractivity contribution in [2.75, 3.05) is 31.2 Å². The Bertz CT molecular complexity index is 1420. The number of aryl methyl sites for hydroxylation is 1. The Morgan fingerprint density at radius 2 is 1.88 bits per heavy atom. The molecule has 0 spiro atoms. The van der Waals surface area contributed by atoms with E-state index in [2.05, 4.69) is 20.8 Å². The summed E-state index contributed by atoms with van der Waals surface area (Å²) in [5.41, 5.74) is 2.96. The lowest BCUT2D eigenvalue weighted by Gasteiger charge is -2.45. The predicted octanol–water partition coefficient (Wildman–Crippen LogP) is 5.01. The summed E-state index contributed by atoms with van der Waals surface area (Å²) in [5, 5.41) is 10.1. The Labute approximate surface area is 250 Å². The van der Waals surface area contributed by atoms with E-state index in [0.29, 0.717) is 54.7 Å². The fourth-order valence-electron chi connectivity index (χ4n) is 6.85. The first-order valence-corrected chi connectivity index (χ1v) is 15.1. The molecule has 0 aliphatic carbocycles. The summed E-state index contributed by atoms with van der Waals surface area (Å²) in [7, 11) is 0. The molecule has 0 aromatic heterocycles. The number of aliphatic carboxylic acids is 1. The molecule has 0 bridgehead atoms. The fraction of sp³-hybridized carbons (Fsp3) is 0.531. The van der Waals surface area contributed by atoms with Gasteiger partial charge in [-0.15, -0.1) is 0 Å². The second kappa shape index (κ2) is 11.1. The first kappa shape index (κ1) is 28.8. The topological polar surface area (TPSA) is 106 Å². The summed E-state index contributed by atoms with van der Waals surface area (Å²) in [6.45, 7) is 7.75. The van der Waals surface area contributed by atoms with Gasteiger partial charge in [0.25, 0.3) is 5.91 Å². The van der Waals surface area contributed by atoms with Crippen molar-refractivity contribution in [3.8, 4) is 11.5 Å². The number of carbonyl (C=O) groups excluding carboxylic acids is 2. The van der Waals surface area contributed by atoms with E-state index in [4.69, 9.17) is 25.8 Å². The number of rotatable bonds is 4. The van der Waals surface area contributed by atoms with E-state index in [-0.39, 0.29) is 36.2 Å². The van der Waals surface area contributed by atoms with Gasteiger partial charge in [-0.25, -0.2) is 0 Å². The van der Waals surface area contributed by atoms with E-state index in [1.54, 1.807) is 4.90 Å². The van der Waals surface area contributed by atoms with Crippen LogP contribution in [-0.2, 0) is 25.5 Å². The van der Waals surface area contributed by atoms with Crippen LogP contribution in [0.25, 0.3) is 0 Å². The Hall–Kier alpha value is -3.30. The highest BCUT2D eigenvalue weighted by Gasteiger charge is 2.47. The predicted molar refractivity (Wildman–Crippen MR) is 156 cm³/mol. The third kappa shape index (κ3) is 5.22. The van der Waals surface area contributed by atoms with Crippen LogP contribution in [0.3, 0.4) is 0 Å². The molecule has 224 valence electrons. The number of amides is 2. The molecule has 42 heavy (non-hydrogen) atoms. The third-order valence-electron chi connectivity index (χ3n) is 8.88. The van der Waals surface area contributed by atoms with E-state index < -0.39 is 24.1 Å². The van der Waals surface area contributed by atoms with Gasteiger partial charge in [-0.1, -0.05) is 44.5 Å². The molecule has 2 aromatic carbocycles. The Balaban J connectivity index is 1.46. The average Bonchev–Trinajstić information content (AvgIpc) is 3.07. The Kier molecular flexibility index (Phi) is 7.60. The van der Waals surface area contributed by atoms with E-state index >= 15 is 0 Å². The summed E-state index contributed by atoms with van der Waals surface area (Å²) in [5.74, 6) is -0.941. The van der Waals surface area contributed by atoms with Gasteiger partial charge in [-0.2, -0.15) is 0 Å². The maximum atomic E-state index is 14.6. The molecule has 1 unspecified atom stereocenters. The molecule has 4 aliphatic rings. The third-order valence-corrected chi connectivity index (χ3v) is 9.10. The number of anilines is 1. The maximum absolute atomic E-state index is 14.6. The molecule has 0 radical (unpaired) electrons. The lowest BCUT2D eigenvalue weighted by Crippen LogP contribution is -2.54. The number of hydrogen-bond acceptors (Lipinski definition) is 6. The fourth-order valence-corrected chi connectivity index (χ4v) is 7.10. The molecular weight excluding hydrogens is 560 g/mol. The largest absolute Gasteiger partial charge is 0.486 e. The van der Waals surface area contributed by atoms with Crippen molar-refractivity contribution >= 4 is 35.1 Å². The number of likely N-dealkylation sites (tertiary alicyclic amines) is 1. The van der Waals surface area contributed by atoms with Crippen LogP contribution < -0.4 is 14.4 Å². The Morgan fingerprint density at radius 3 is 2.64 bits per heavy atom. The van der Waals surface area contributed by atoms with Gasteiger partial charge in [-0.05, 0) is 54.9 Å². The molecule has 1 N–H and O–H groups in total. The smallest absolute Gasteiger partial charge is 0.308 e. The quantitative estimate of drug-likeness (QED) is 0.529. The number of nitrogens with zero attached hydrogens (tertiary/aromatic N) is 2. The van der Waals surface area contributed by atoms with Gasteiger partial charge in [0, 0.05) is 35.3 Å². The van der Waals surface area contributed by atoms with Crippen molar-refractivity contribution in [2.45, 2.75) is 71.1 Å². The number of fused-ring (bicyclic) bond motifs is 1. The summed E-state index contributed by atoms with van der Waals surface area (Å²) in [4.78, 5) is 43.3. The average molecular weight is 597 g/mol. The second-order valence-electron chi connectivity index (χ2n) is 12.7. The molecule has 10 heteroatoms. The van der Waals surface area contributed by atoms with Crippen LogP contribution in [0.2, 0.25) is 5.02 Å². The minimum atomic E-state index is -1.10. The number of carbonyl (C=O) groups is 3. The summed E-state index contributed by atoms with van der Waals surface area (Å²) < 4.78 is 18.7. The molecule has 1 fully saturated rings. The van der Waals surface area contributed by atoms with Crippen LogP contribution >= 0.6 is 11.6 Å². The zero-order valence-electron chi connectivity index (χ0n) is 24.2. The zero-order valence-corrected chi connectivity index (χ0v) is 25.0. The lowest BCUT2D eigenvalue weighted by molar-refractivity contribution is -0.149. The molecular formula is C32H37ClN2O7. The second-order valence-corrected chi connectivity index (χ2v) is 13.2. The number of ether oxygens (including phenoxy) is 3. The number of hydrogen-bond donors (Lipinski definition) is 1. The molecule has 6 rings (SSSR count). The molecule has 2 aromatic rings. The number of para-hydroxylation sites is 1. The number of piperidine rings is 1. The minimum Gasteiger partial charge on any atom is -0.486 e. The number of halogens is 1. The van der Waals surface area contributed by atoms with E-state index in [9.17, 15) is 19.5 Å². The van der Waals surface area contributed by atoms with Crippen LogP contribution in [0.4, 0.5) is 5.69 Å². The van der Waals surface area contributed by atoms with Crippen LogP contribution in [0.1, 0.15) is 69.2 Å². The van der Waals surface area contributed by atoms with Gasteiger partial charge in [-0.3, -0.25) is 14.4 Å².